The highest BCUT2D eigenvalue weighted by Crippen LogP contribution is 2.24. The summed E-state index contributed by atoms with van der Waals surface area (Å²) < 4.78 is 12.6. The fourth-order valence-corrected chi connectivity index (χ4v) is 2.04. The van der Waals surface area contributed by atoms with Gasteiger partial charge in [0.1, 0.15) is 11.5 Å². The molecule has 0 radical (unpaired) electrons. The van der Waals surface area contributed by atoms with E-state index >= 15 is 0 Å². The molecule has 1 aromatic rings. The van der Waals surface area contributed by atoms with Crippen LogP contribution in [0.2, 0.25) is 0 Å². The number of nitriles is 1. The summed E-state index contributed by atoms with van der Waals surface area (Å²) in [7, 11) is 0. The fourth-order valence-electron chi connectivity index (χ4n) is 2.04. The quantitative estimate of drug-likeness (QED) is 0.844. The van der Waals surface area contributed by atoms with Crippen LogP contribution >= 0.6 is 0 Å². The Balaban J connectivity index is 2.02. The lowest BCUT2D eigenvalue weighted by Gasteiger charge is -2.14. The van der Waals surface area contributed by atoms with Crippen LogP contribution in [0.15, 0.2) is 18.3 Å². The summed E-state index contributed by atoms with van der Waals surface area (Å²) in [5, 5.41) is 11.7. The number of aromatic nitrogens is 1. The van der Waals surface area contributed by atoms with Crippen LogP contribution in [-0.2, 0) is 0 Å². The lowest BCUT2D eigenvalue weighted by molar-refractivity contribution is 0.0927. The molecule has 0 aliphatic heterocycles. The number of nitrogens with one attached hydrogen (secondary N) is 1. The first-order chi connectivity index (χ1) is 8.20. The number of nitrogens with zero attached hydrogens (tertiary/aromatic N) is 2. The minimum Gasteiger partial charge on any atom is -0.347 e. The van der Waals surface area contributed by atoms with Gasteiger partial charge in [0.05, 0.1) is 18.2 Å². The van der Waals surface area contributed by atoms with E-state index in [2.05, 4.69) is 16.4 Å². The Morgan fingerprint density at radius 3 is 3.00 bits per heavy atom. The normalized spacial score (nSPS) is 23.1. The van der Waals surface area contributed by atoms with Crippen LogP contribution < -0.4 is 5.32 Å². The Bertz CT molecular complexity index is 452. The molecule has 1 aliphatic rings. The van der Waals surface area contributed by atoms with Gasteiger partial charge in [-0.05, 0) is 31.4 Å². The second kappa shape index (κ2) is 4.91. The predicted molar refractivity (Wildman–Crippen MR) is 58.4 cm³/mol. The molecule has 0 saturated heterocycles. The minimum absolute atomic E-state index is 0.112. The highest BCUT2D eigenvalue weighted by Gasteiger charge is 2.28. The SMILES string of the molecule is N#CC1CCCC1NC(=O)c1ccc(F)cn1. The molecule has 1 fully saturated rings. The summed E-state index contributed by atoms with van der Waals surface area (Å²) in [4.78, 5) is 15.5. The molecule has 1 aromatic heterocycles. The van der Waals surface area contributed by atoms with Crippen molar-refractivity contribution in [1.82, 2.24) is 10.3 Å². The van der Waals surface area contributed by atoms with Gasteiger partial charge in [-0.2, -0.15) is 5.26 Å². The van der Waals surface area contributed by atoms with E-state index < -0.39 is 5.82 Å². The van der Waals surface area contributed by atoms with Crippen LogP contribution in [0.5, 0.6) is 0 Å². The molecule has 88 valence electrons. The van der Waals surface area contributed by atoms with E-state index in [1.54, 1.807) is 0 Å². The van der Waals surface area contributed by atoms with Gasteiger partial charge in [0.15, 0.2) is 0 Å². The maximum absolute atomic E-state index is 12.6. The van der Waals surface area contributed by atoms with Crippen LogP contribution in [-0.4, -0.2) is 16.9 Å². The monoisotopic (exact) mass is 233 g/mol. The van der Waals surface area contributed by atoms with Gasteiger partial charge in [-0.3, -0.25) is 4.79 Å². The van der Waals surface area contributed by atoms with Gasteiger partial charge in [0.2, 0.25) is 0 Å². The molecule has 2 unspecified atom stereocenters. The number of hydrogen-bond donors (Lipinski definition) is 1. The van der Waals surface area contributed by atoms with E-state index in [1.165, 1.54) is 12.1 Å². The second-order valence-corrected chi connectivity index (χ2v) is 4.11. The maximum Gasteiger partial charge on any atom is 0.270 e. The van der Waals surface area contributed by atoms with Crippen molar-refractivity contribution >= 4 is 5.91 Å². The molecule has 1 heterocycles. The number of pyridine rings is 1. The van der Waals surface area contributed by atoms with E-state index in [-0.39, 0.29) is 23.6 Å². The summed E-state index contributed by atoms with van der Waals surface area (Å²) in [5.41, 5.74) is 0.176. The predicted octanol–water partition coefficient (Wildman–Crippen LogP) is 1.64. The summed E-state index contributed by atoms with van der Waals surface area (Å²) in [5.74, 6) is -0.950. The Labute approximate surface area is 98.5 Å². The van der Waals surface area contributed by atoms with Crippen molar-refractivity contribution in [3.05, 3.63) is 29.8 Å². The molecule has 5 heteroatoms. The Morgan fingerprint density at radius 2 is 2.35 bits per heavy atom. The summed E-state index contributed by atoms with van der Waals surface area (Å²) >= 11 is 0. The van der Waals surface area contributed by atoms with Gasteiger partial charge < -0.3 is 5.32 Å². The molecule has 2 atom stereocenters. The van der Waals surface area contributed by atoms with Gasteiger partial charge in [-0.1, -0.05) is 0 Å². The largest absolute Gasteiger partial charge is 0.347 e. The number of carbonyl (C=O) groups excluding carboxylic acids is 1. The molecule has 0 aromatic carbocycles. The molecular formula is C12H12FN3O. The Kier molecular flexibility index (Phi) is 3.33. The van der Waals surface area contributed by atoms with Crippen molar-refractivity contribution in [2.24, 2.45) is 5.92 Å². The first-order valence-electron chi connectivity index (χ1n) is 5.53. The van der Waals surface area contributed by atoms with Crippen LogP contribution in [0.4, 0.5) is 4.39 Å². The smallest absolute Gasteiger partial charge is 0.270 e. The average Bonchev–Trinajstić information content (AvgIpc) is 2.77. The average molecular weight is 233 g/mol. The van der Waals surface area contributed by atoms with Crippen molar-refractivity contribution in [1.29, 1.82) is 5.26 Å². The van der Waals surface area contributed by atoms with E-state index in [9.17, 15) is 9.18 Å². The maximum atomic E-state index is 12.6. The second-order valence-electron chi connectivity index (χ2n) is 4.11. The van der Waals surface area contributed by atoms with Gasteiger partial charge in [-0.25, -0.2) is 9.37 Å². The van der Waals surface area contributed by atoms with Crippen molar-refractivity contribution in [2.45, 2.75) is 25.3 Å². The molecule has 17 heavy (non-hydrogen) atoms. The third-order valence-corrected chi connectivity index (χ3v) is 2.96. The van der Waals surface area contributed by atoms with Crippen molar-refractivity contribution < 1.29 is 9.18 Å². The number of amides is 1. The molecule has 1 amide bonds. The van der Waals surface area contributed by atoms with E-state index in [0.717, 1.165) is 25.5 Å². The molecule has 0 spiro atoms. The summed E-state index contributed by atoms with van der Waals surface area (Å²) in [6.45, 7) is 0. The van der Waals surface area contributed by atoms with Gasteiger partial charge >= 0.3 is 0 Å². The molecule has 1 saturated carbocycles. The third-order valence-electron chi connectivity index (χ3n) is 2.96. The molecule has 4 nitrogen and oxygen atoms in total. The Hall–Kier alpha value is -1.96. The van der Waals surface area contributed by atoms with E-state index in [1.807, 2.05) is 0 Å². The lowest BCUT2D eigenvalue weighted by Crippen LogP contribution is -2.37. The van der Waals surface area contributed by atoms with Crippen LogP contribution in [0.25, 0.3) is 0 Å². The van der Waals surface area contributed by atoms with Crippen LogP contribution in [0.1, 0.15) is 29.8 Å². The summed E-state index contributed by atoms with van der Waals surface area (Å²) in [6, 6.07) is 4.60. The highest BCUT2D eigenvalue weighted by molar-refractivity contribution is 5.92. The topological polar surface area (TPSA) is 65.8 Å². The molecule has 1 N–H and O–H groups in total. The molecule has 2 rings (SSSR count). The lowest BCUT2D eigenvalue weighted by atomic mass is 10.1. The van der Waals surface area contributed by atoms with E-state index in [4.69, 9.17) is 5.26 Å². The van der Waals surface area contributed by atoms with Crippen molar-refractivity contribution in [3.8, 4) is 6.07 Å². The highest BCUT2D eigenvalue weighted by atomic mass is 19.1. The first kappa shape index (κ1) is 11.5. The van der Waals surface area contributed by atoms with Crippen molar-refractivity contribution in [3.63, 3.8) is 0 Å². The van der Waals surface area contributed by atoms with E-state index in [0.29, 0.717) is 0 Å². The van der Waals surface area contributed by atoms with Gasteiger partial charge in [0.25, 0.3) is 5.91 Å². The summed E-state index contributed by atoms with van der Waals surface area (Å²) in [6.07, 6.45) is 3.58. The van der Waals surface area contributed by atoms with Crippen molar-refractivity contribution in [2.75, 3.05) is 0 Å². The third kappa shape index (κ3) is 2.59. The van der Waals surface area contributed by atoms with Crippen LogP contribution in [0, 0.1) is 23.1 Å². The zero-order chi connectivity index (χ0) is 12.3. The minimum atomic E-state index is -0.475. The number of halogens is 1. The molecule has 1 aliphatic carbocycles. The van der Waals surface area contributed by atoms with Crippen LogP contribution in [0.3, 0.4) is 0 Å². The zero-order valence-electron chi connectivity index (χ0n) is 9.19. The number of rotatable bonds is 2. The molecule has 0 bridgehead atoms. The Morgan fingerprint density at radius 1 is 1.53 bits per heavy atom. The standard InChI is InChI=1S/C12H12FN3O/c13-9-4-5-11(15-7-9)12(17)16-10-3-1-2-8(10)6-14/h4-5,7-8,10H,1-3H2,(H,16,17). The fraction of sp³-hybridized carbons (Fsp3) is 0.417. The zero-order valence-corrected chi connectivity index (χ0v) is 9.19. The van der Waals surface area contributed by atoms with Gasteiger partial charge in [-0.15, -0.1) is 0 Å². The number of hydrogen-bond acceptors (Lipinski definition) is 3. The first-order valence-corrected chi connectivity index (χ1v) is 5.53. The number of carbonyl (C=O) groups is 1. The molecular weight excluding hydrogens is 221 g/mol. The van der Waals surface area contributed by atoms with Gasteiger partial charge in [0, 0.05) is 6.04 Å².